The molecule has 1 amide bonds. The smallest absolute Gasteiger partial charge is 0.375 e. The van der Waals surface area contributed by atoms with Crippen molar-refractivity contribution in [2.75, 3.05) is 18.4 Å². The van der Waals surface area contributed by atoms with Crippen molar-refractivity contribution in [3.05, 3.63) is 64.5 Å². The van der Waals surface area contributed by atoms with E-state index in [0.717, 1.165) is 25.0 Å². The molecule has 10 heteroatoms. The second-order valence-electron chi connectivity index (χ2n) is 7.13. The Labute approximate surface area is 181 Å². The highest BCUT2D eigenvalue weighted by Gasteiger charge is 2.30. The van der Waals surface area contributed by atoms with Gasteiger partial charge in [0.15, 0.2) is 0 Å². The van der Waals surface area contributed by atoms with Crippen molar-refractivity contribution in [1.29, 1.82) is 0 Å². The second kappa shape index (κ2) is 8.58. The van der Waals surface area contributed by atoms with Crippen molar-refractivity contribution in [2.24, 2.45) is 0 Å². The third kappa shape index (κ3) is 4.82. The molecular weight excluding hydrogens is 433 g/mol. The van der Waals surface area contributed by atoms with Crippen LogP contribution in [0.1, 0.15) is 34.7 Å². The highest BCUT2D eigenvalue weighted by atomic mass is 35.5. The molecule has 0 spiro atoms. The number of carbonyl (C=O) groups is 1. The topological polar surface area (TPSA) is 71.3 Å². The van der Waals surface area contributed by atoms with Crippen molar-refractivity contribution in [2.45, 2.75) is 25.6 Å². The van der Waals surface area contributed by atoms with E-state index in [4.69, 9.17) is 16.1 Å². The molecule has 3 aromatic rings. The fourth-order valence-corrected chi connectivity index (χ4v) is 3.53. The molecule has 31 heavy (non-hydrogen) atoms. The van der Waals surface area contributed by atoms with Gasteiger partial charge in [0, 0.05) is 29.4 Å². The highest BCUT2D eigenvalue weighted by Crippen LogP contribution is 2.30. The van der Waals surface area contributed by atoms with Crippen LogP contribution in [-0.2, 0) is 12.7 Å². The van der Waals surface area contributed by atoms with Gasteiger partial charge in [-0.2, -0.15) is 18.2 Å². The average Bonchev–Trinajstić information content (AvgIpc) is 3.44. The van der Waals surface area contributed by atoms with Gasteiger partial charge in [-0.15, -0.1) is 0 Å². The molecule has 0 unspecified atom stereocenters. The Kier molecular flexibility index (Phi) is 5.86. The van der Waals surface area contributed by atoms with E-state index in [0.29, 0.717) is 34.9 Å². The molecule has 0 aliphatic carbocycles. The van der Waals surface area contributed by atoms with Gasteiger partial charge in [-0.25, -0.2) is 0 Å². The maximum atomic E-state index is 12.8. The molecule has 2 aromatic carbocycles. The molecule has 1 aliphatic rings. The van der Waals surface area contributed by atoms with E-state index >= 15 is 0 Å². The number of carbonyl (C=O) groups excluding carboxylic acids is 1. The Hall–Kier alpha value is -3.07. The molecule has 6 nitrogen and oxygen atoms in total. The lowest BCUT2D eigenvalue weighted by molar-refractivity contribution is -0.137. The molecule has 1 fully saturated rings. The average molecular weight is 451 g/mol. The van der Waals surface area contributed by atoms with Crippen LogP contribution < -0.4 is 5.32 Å². The number of hydrogen-bond donors (Lipinski definition) is 1. The van der Waals surface area contributed by atoms with Gasteiger partial charge in [0.2, 0.25) is 11.7 Å². The molecule has 2 heterocycles. The van der Waals surface area contributed by atoms with Crippen molar-refractivity contribution >= 4 is 23.2 Å². The van der Waals surface area contributed by atoms with Gasteiger partial charge in [-0.3, -0.25) is 4.79 Å². The Bertz CT molecular complexity index is 1080. The van der Waals surface area contributed by atoms with Crippen molar-refractivity contribution in [3.63, 3.8) is 0 Å². The normalized spacial score (nSPS) is 14.1. The summed E-state index contributed by atoms with van der Waals surface area (Å²) in [6.07, 6.45) is -2.46. The van der Waals surface area contributed by atoms with E-state index in [1.54, 1.807) is 23.1 Å². The number of nitrogens with one attached hydrogen (secondary N) is 1. The third-order valence-electron chi connectivity index (χ3n) is 4.97. The van der Waals surface area contributed by atoms with E-state index < -0.39 is 11.7 Å². The number of nitrogens with zero attached hydrogens (tertiary/aromatic N) is 3. The summed E-state index contributed by atoms with van der Waals surface area (Å²) in [5, 5.41) is 7.38. The molecule has 1 aliphatic heterocycles. The molecule has 0 saturated carbocycles. The van der Waals surface area contributed by atoms with E-state index in [-0.39, 0.29) is 24.2 Å². The summed E-state index contributed by atoms with van der Waals surface area (Å²) >= 11 is 6.09. The van der Waals surface area contributed by atoms with Crippen LogP contribution >= 0.6 is 11.6 Å². The Balaban J connectivity index is 1.47. The minimum Gasteiger partial charge on any atom is -0.375 e. The first kappa shape index (κ1) is 21.2. The largest absolute Gasteiger partial charge is 0.416 e. The van der Waals surface area contributed by atoms with E-state index in [1.165, 1.54) is 12.1 Å². The summed E-state index contributed by atoms with van der Waals surface area (Å²) < 4.78 is 43.3. The fourth-order valence-electron chi connectivity index (χ4n) is 3.36. The third-order valence-corrected chi connectivity index (χ3v) is 5.21. The highest BCUT2D eigenvalue weighted by molar-refractivity contribution is 6.31. The number of benzene rings is 2. The number of rotatable bonds is 5. The molecule has 162 valence electrons. The molecule has 1 N–H and O–H groups in total. The Morgan fingerprint density at radius 1 is 1.13 bits per heavy atom. The van der Waals surface area contributed by atoms with E-state index in [9.17, 15) is 18.0 Å². The number of hydrogen-bond acceptors (Lipinski definition) is 5. The zero-order chi connectivity index (χ0) is 22.0. The summed E-state index contributed by atoms with van der Waals surface area (Å²) in [6, 6.07) is 9.51. The minimum atomic E-state index is -4.41. The summed E-state index contributed by atoms with van der Waals surface area (Å²) in [6.45, 7) is 1.56. The van der Waals surface area contributed by atoms with Crippen molar-refractivity contribution in [1.82, 2.24) is 15.0 Å². The first-order chi connectivity index (χ1) is 14.8. The fraction of sp³-hybridized carbons (Fsp3) is 0.286. The van der Waals surface area contributed by atoms with Crippen LogP contribution in [0.15, 0.2) is 47.0 Å². The summed E-state index contributed by atoms with van der Waals surface area (Å²) in [7, 11) is 0. The molecule has 1 aromatic heterocycles. The predicted octanol–water partition coefficient (Wildman–Crippen LogP) is 5.26. The van der Waals surface area contributed by atoms with E-state index in [2.05, 4.69) is 15.5 Å². The zero-order valence-corrected chi connectivity index (χ0v) is 17.0. The standard InChI is InChI=1S/C21H18ClF3N4O2/c22-15-7-8-17(16(11-15)20(30)29-9-1-2-10-29)26-12-18-27-19(28-31-18)13-3-5-14(6-4-13)21(23,24)25/h3-8,11,26H,1-2,9-10,12H2. The predicted molar refractivity (Wildman–Crippen MR) is 109 cm³/mol. The molecule has 0 bridgehead atoms. The van der Waals surface area contributed by atoms with Gasteiger partial charge in [-0.05, 0) is 43.2 Å². The molecule has 4 rings (SSSR count). The molecule has 0 radical (unpaired) electrons. The number of alkyl halides is 3. The van der Waals surface area contributed by atoms with Crippen LogP contribution in [0.3, 0.4) is 0 Å². The summed E-state index contributed by atoms with van der Waals surface area (Å²) in [5.74, 6) is 0.304. The lowest BCUT2D eigenvalue weighted by atomic mass is 10.1. The van der Waals surface area contributed by atoms with E-state index in [1.807, 2.05) is 0 Å². The minimum absolute atomic E-state index is 0.0986. The van der Waals surface area contributed by atoms with Gasteiger partial charge in [0.25, 0.3) is 5.91 Å². The number of amides is 1. The number of aromatic nitrogens is 2. The first-order valence-corrected chi connectivity index (χ1v) is 10.0. The van der Waals surface area contributed by atoms with Gasteiger partial charge < -0.3 is 14.7 Å². The van der Waals surface area contributed by atoms with Gasteiger partial charge in [0.1, 0.15) is 0 Å². The zero-order valence-electron chi connectivity index (χ0n) is 16.2. The Morgan fingerprint density at radius 2 is 1.84 bits per heavy atom. The maximum absolute atomic E-state index is 12.8. The molecule has 0 atom stereocenters. The lowest BCUT2D eigenvalue weighted by Crippen LogP contribution is -2.28. The molecular formula is C21H18ClF3N4O2. The van der Waals surface area contributed by atoms with Crippen LogP contribution in [0.4, 0.5) is 18.9 Å². The number of likely N-dealkylation sites (tertiary alicyclic amines) is 1. The number of anilines is 1. The van der Waals surface area contributed by atoms with Crippen LogP contribution in [0.25, 0.3) is 11.4 Å². The second-order valence-corrected chi connectivity index (χ2v) is 7.57. The van der Waals surface area contributed by atoms with Gasteiger partial charge in [0.05, 0.1) is 17.7 Å². The summed E-state index contributed by atoms with van der Waals surface area (Å²) in [5.41, 5.74) is 0.687. The van der Waals surface area contributed by atoms with Crippen LogP contribution in [0.2, 0.25) is 5.02 Å². The van der Waals surface area contributed by atoms with Crippen LogP contribution in [0, 0.1) is 0 Å². The monoisotopic (exact) mass is 450 g/mol. The molecule has 1 saturated heterocycles. The number of halogens is 4. The maximum Gasteiger partial charge on any atom is 0.416 e. The Morgan fingerprint density at radius 3 is 2.52 bits per heavy atom. The SMILES string of the molecule is O=C(c1cc(Cl)ccc1NCc1nc(-c2ccc(C(F)(F)F)cc2)no1)N1CCCC1. The lowest BCUT2D eigenvalue weighted by Gasteiger charge is -2.18. The van der Waals surface area contributed by atoms with Crippen molar-refractivity contribution in [3.8, 4) is 11.4 Å². The van der Waals surface area contributed by atoms with Gasteiger partial charge >= 0.3 is 6.18 Å². The van der Waals surface area contributed by atoms with Gasteiger partial charge in [-0.1, -0.05) is 28.9 Å². The van der Waals surface area contributed by atoms with Crippen LogP contribution in [-0.4, -0.2) is 34.0 Å². The summed E-state index contributed by atoms with van der Waals surface area (Å²) in [4.78, 5) is 18.8. The first-order valence-electron chi connectivity index (χ1n) is 9.64. The quantitative estimate of drug-likeness (QED) is 0.574. The van der Waals surface area contributed by atoms with Crippen molar-refractivity contribution < 1.29 is 22.5 Å². The van der Waals surface area contributed by atoms with Crippen LogP contribution in [0.5, 0.6) is 0 Å².